The molecule has 5 heteroatoms. The van der Waals surface area contributed by atoms with Crippen molar-refractivity contribution in [3.8, 4) is 5.75 Å². The minimum Gasteiger partial charge on any atom is -0.508 e. The summed E-state index contributed by atoms with van der Waals surface area (Å²) >= 11 is 0. The van der Waals surface area contributed by atoms with Crippen molar-refractivity contribution in [1.29, 1.82) is 0 Å². The van der Waals surface area contributed by atoms with Gasteiger partial charge in [0, 0.05) is 12.7 Å². The quantitative estimate of drug-likeness (QED) is 0.872. The molecule has 0 unspecified atom stereocenters. The van der Waals surface area contributed by atoms with Crippen LogP contribution in [0.1, 0.15) is 19.3 Å². The molecule has 0 radical (unpaired) electrons. The summed E-state index contributed by atoms with van der Waals surface area (Å²) < 4.78 is 0. The number of nitrogens with zero attached hydrogens (tertiary/aromatic N) is 1. The Bertz CT molecular complexity index is 483. The maximum absolute atomic E-state index is 12.3. The number of carboxylic acids is 1. The molecule has 102 valence electrons. The number of phenols is 1. The molecule has 2 rings (SSSR count). The smallest absolute Gasteiger partial charge is 0.307 e. The molecule has 1 aliphatic rings. The van der Waals surface area contributed by atoms with Crippen LogP contribution in [0.2, 0.25) is 0 Å². The van der Waals surface area contributed by atoms with E-state index in [4.69, 9.17) is 5.11 Å². The molecule has 0 aliphatic heterocycles. The van der Waals surface area contributed by atoms with Crippen molar-refractivity contribution in [2.24, 2.45) is 11.8 Å². The van der Waals surface area contributed by atoms with E-state index in [9.17, 15) is 14.7 Å². The summed E-state index contributed by atoms with van der Waals surface area (Å²) in [6.45, 7) is 0. The first kappa shape index (κ1) is 13.4. The molecule has 0 heterocycles. The SMILES string of the molecule is CN(C(=O)[C@@H]1CCC[C@@H]1C(=O)O)c1ccc(O)cc1. The second-order valence-electron chi connectivity index (χ2n) is 4.90. The van der Waals surface area contributed by atoms with Crippen molar-refractivity contribution in [3.05, 3.63) is 24.3 Å². The number of aromatic hydroxyl groups is 1. The van der Waals surface area contributed by atoms with Crippen LogP contribution in [0.5, 0.6) is 5.75 Å². The van der Waals surface area contributed by atoms with Crippen LogP contribution in [0.25, 0.3) is 0 Å². The van der Waals surface area contributed by atoms with Crippen molar-refractivity contribution >= 4 is 17.6 Å². The van der Waals surface area contributed by atoms with E-state index >= 15 is 0 Å². The topological polar surface area (TPSA) is 77.8 Å². The maximum atomic E-state index is 12.3. The number of benzene rings is 1. The lowest BCUT2D eigenvalue weighted by Crippen LogP contribution is -2.36. The van der Waals surface area contributed by atoms with Gasteiger partial charge >= 0.3 is 5.97 Å². The van der Waals surface area contributed by atoms with Gasteiger partial charge in [-0.1, -0.05) is 6.42 Å². The second-order valence-corrected chi connectivity index (χ2v) is 4.90. The number of rotatable bonds is 3. The highest BCUT2D eigenvalue weighted by Crippen LogP contribution is 2.34. The first-order valence-corrected chi connectivity index (χ1v) is 6.30. The maximum Gasteiger partial charge on any atom is 0.307 e. The van der Waals surface area contributed by atoms with Gasteiger partial charge in [-0.05, 0) is 37.1 Å². The summed E-state index contributed by atoms with van der Waals surface area (Å²) in [4.78, 5) is 24.9. The number of aliphatic carboxylic acids is 1. The van der Waals surface area contributed by atoms with E-state index in [0.717, 1.165) is 6.42 Å². The average Bonchev–Trinajstić information content (AvgIpc) is 2.87. The lowest BCUT2D eigenvalue weighted by atomic mass is 9.94. The van der Waals surface area contributed by atoms with Crippen molar-refractivity contribution in [2.45, 2.75) is 19.3 Å². The van der Waals surface area contributed by atoms with Crippen LogP contribution in [-0.2, 0) is 9.59 Å². The molecule has 0 spiro atoms. The van der Waals surface area contributed by atoms with Gasteiger partial charge in [-0.3, -0.25) is 9.59 Å². The number of hydrogen-bond donors (Lipinski definition) is 2. The fourth-order valence-corrected chi connectivity index (χ4v) is 2.60. The summed E-state index contributed by atoms with van der Waals surface area (Å²) in [5, 5.41) is 18.3. The average molecular weight is 263 g/mol. The van der Waals surface area contributed by atoms with Gasteiger partial charge in [0.25, 0.3) is 0 Å². The summed E-state index contributed by atoms with van der Waals surface area (Å²) in [6.07, 6.45) is 1.96. The minimum atomic E-state index is -0.894. The van der Waals surface area contributed by atoms with Crippen molar-refractivity contribution in [1.82, 2.24) is 0 Å². The summed E-state index contributed by atoms with van der Waals surface area (Å²) in [7, 11) is 1.63. The van der Waals surface area contributed by atoms with Gasteiger partial charge < -0.3 is 15.1 Å². The predicted octanol–water partition coefficient (Wildman–Crippen LogP) is 1.86. The Balaban J connectivity index is 2.14. The zero-order chi connectivity index (χ0) is 14.0. The molecule has 1 aromatic rings. The van der Waals surface area contributed by atoms with E-state index in [1.165, 1.54) is 17.0 Å². The van der Waals surface area contributed by atoms with E-state index in [0.29, 0.717) is 18.5 Å². The molecule has 5 nitrogen and oxygen atoms in total. The number of carboxylic acid groups (broad SMARTS) is 1. The molecule has 1 fully saturated rings. The van der Waals surface area contributed by atoms with Gasteiger partial charge in [-0.25, -0.2) is 0 Å². The first-order valence-electron chi connectivity index (χ1n) is 6.30. The van der Waals surface area contributed by atoms with Gasteiger partial charge in [0.2, 0.25) is 5.91 Å². The Kier molecular flexibility index (Phi) is 3.74. The first-order chi connectivity index (χ1) is 9.00. The Morgan fingerprint density at radius 2 is 1.74 bits per heavy atom. The zero-order valence-corrected chi connectivity index (χ0v) is 10.7. The zero-order valence-electron chi connectivity index (χ0n) is 10.7. The van der Waals surface area contributed by atoms with Crippen LogP contribution in [0.15, 0.2) is 24.3 Å². The number of carbonyl (C=O) groups is 2. The molecule has 2 atom stereocenters. The van der Waals surface area contributed by atoms with Crippen LogP contribution in [0.3, 0.4) is 0 Å². The van der Waals surface area contributed by atoms with Crippen LogP contribution in [0, 0.1) is 11.8 Å². The number of hydrogen-bond acceptors (Lipinski definition) is 3. The van der Waals surface area contributed by atoms with E-state index in [2.05, 4.69) is 0 Å². The number of carbonyl (C=O) groups excluding carboxylic acids is 1. The molecule has 0 bridgehead atoms. The van der Waals surface area contributed by atoms with E-state index in [1.807, 2.05) is 0 Å². The Morgan fingerprint density at radius 3 is 2.32 bits per heavy atom. The Labute approximate surface area is 111 Å². The molecular formula is C14H17NO4. The van der Waals surface area contributed by atoms with Gasteiger partial charge in [-0.15, -0.1) is 0 Å². The number of anilines is 1. The molecular weight excluding hydrogens is 246 g/mol. The Morgan fingerprint density at radius 1 is 1.16 bits per heavy atom. The van der Waals surface area contributed by atoms with Gasteiger partial charge in [-0.2, -0.15) is 0 Å². The van der Waals surface area contributed by atoms with Gasteiger partial charge in [0.05, 0.1) is 11.8 Å². The lowest BCUT2D eigenvalue weighted by molar-refractivity contribution is -0.145. The summed E-state index contributed by atoms with van der Waals surface area (Å²) in [5.74, 6) is -1.96. The molecule has 1 saturated carbocycles. The highest BCUT2D eigenvalue weighted by molar-refractivity contribution is 5.97. The normalized spacial score (nSPS) is 22.2. The van der Waals surface area contributed by atoms with Crippen LogP contribution >= 0.6 is 0 Å². The third-order valence-electron chi connectivity index (χ3n) is 3.72. The molecule has 1 aromatic carbocycles. The van der Waals surface area contributed by atoms with Crippen molar-refractivity contribution in [2.75, 3.05) is 11.9 Å². The molecule has 1 amide bonds. The molecule has 2 N–H and O–H groups in total. The van der Waals surface area contributed by atoms with E-state index in [1.54, 1.807) is 19.2 Å². The van der Waals surface area contributed by atoms with Crippen molar-refractivity contribution in [3.63, 3.8) is 0 Å². The number of phenolic OH excluding ortho intramolecular Hbond substituents is 1. The second kappa shape index (κ2) is 5.30. The largest absolute Gasteiger partial charge is 0.508 e. The summed E-state index contributed by atoms with van der Waals surface area (Å²) in [6, 6.07) is 6.28. The van der Waals surface area contributed by atoms with E-state index < -0.39 is 17.8 Å². The highest BCUT2D eigenvalue weighted by Gasteiger charge is 2.39. The fourth-order valence-electron chi connectivity index (χ4n) is 2.60. The molecule has 19 heavy (non-hydrogen) atoms. The van der Waals surface area contributed by atoms with Crippen LogP contribution in [-0.4, -0.2) is 29.1 Å². The predicted molar refractivity (Wildman–Crippen MR) is 70.0 cm³/mol. The third-order valence-corrected chi connectivity index (χ3v) is 3.72. The third kappa shape index (κ3) is 2.70. The van der Waals surface area contributed by atoms with Crippen molar-refractivity contribution < 1.29 is 19.8 Å². The standard InChI is InChI=1S/C14H17NO4/c1-15(9-5-7-10(16)8-6-9)13(17)11-3-2-4-12(11)14(18)19/h5-8,11-12,16H,2-4H2,1H3,(H,18,19)/t11-,12+/m1/s1. The van der Waals surface area contributed by atoms with Crippen LogP contribution < -0.4 is 4.90 Å². The summed E-state index contributed by atoms with van der Waals surface area (Å²) in [5.41, 5.74) is 0.652. The van der Waals surface area contributed by atoms with E-state index in [-0.39, 0.29) is 11.7 Å². The van der Waals surface area contributed by atoms with Crippen LogP contribution in [0.4, 0.5) is 5.69 Å². The lowest BCUT2D eigenvalue weighted by Gasteiger charge is -2.23. The minimum absolute atomic E-state index is 0.133. The Hall–Kier alpha value is -2.04. The monoisotopic (exact) mass is 263 g/mol. The van der Waals surface area contributed by atoms with Gasteiger partial charge in [0.15, 0.2) is 0 Å². The fraction of sp³-hybridized carbons (Fsp3) is 0.429. The highest BCUT2D eigenvalue weighted by atomic mass is 16.4. The molecule has 1 aliphatic carbocycles. The van der Waals surface area contributed by atoms with Gasteiger partial charge in [0.1, 0.15) is 5.75 Å². The number of amides is 1. The molecule has 0 aromatic heterocycles. The molecule has 0 saturated heterocycles.